The van der Waals surface area contributed by atoms with E-state index in [1.54, 1.807) is 0 Å². The fourth-order valence-electron chi connectivity index (χ4n) is 2.62. The van der Waals surface area contributed by atoms with Crippen molar-refractivity contribution >= 4 is 35.1 Å². The maximum Gasteiger partial charge on any atom is 0.169 e. The number of nitrogens with one attached hydrogen (secondary N) is 3. The van der Waals surface area contributed by atoms with Gasteiger partial charge in [0.05, 0.1) is 11.0 Å². The van der Waals surface area contributed by atoms with Crippen LogP contribution in [0.5, 0.6) is 0 Å². The minimum absolute atomic E-state index is 0. The molecule has 1 aromatic carbocycles. The largest absolute Gasteiger partial charge is 0.370 e. The number of nitrogens with zero attached hydrogens (tertiary/aromatic N) is 2. The van der Waals surface area contributed by atoms with Crippen molar-refractivity contribution in [1.82, 2.24) is 15.3 Å². The third-order valence-corrected chi connectivity index (χ3v) is 3.82. The van der Waals surface area contributed by atoms with Crippen molar-refractivity contribution in [2.24, 2.45) is 5.92 Å². The molecule has 0 amide bonds. The molecule has 3 rings (SSSR count). The Bertz CT molecular complexity index is 583. The molecule has 6 heteroatoms. The minimum atomic E-state index is 0. The zero-order valence-corrected chi connectivity index (χ0v) is 13.0. The molecule has 1 aromatic heterocycles. The van der Waals surface area contributed by atoms with Crippen LogP contribution in [0.2, 0.25) is 0 Å². The maximum atomic E-state index is 4.68. The number of fused-ring (bicyclic) bond motifs is 1. The van der Waals surface area contributed by atoms with E-state index in [-0.39, 0.29) is 12.4 Å². The van der Waals surface area contributed by atoms with Gasteiger partial charge in [-0.2, -0.15) is 0 Å². The van der Waals surface area contributed by atoms with E-state index in [1.807, 2.05) is 31.3 Å². The first-order valence-corrected chi connectivity index (χ1v) is 7.26. The topological polar surface area (TPSA) is 61.9 Å². The van der Waals surface area contributed by atoms with E-state index in [2.05, 4.69) is 25.9 Å². The summed E-state index contributed by atoms with van der Waals surface area (Å²) in [5.74, 6) is 2.39. The Morgan fingerprint density at radius 1 is 1.10 bits per heavy atom. The number of benzene rings is 1. The van der Waals surface area contributed by atoms with Crippen LogP contribution in [0.1, 0.15) is 12.8 Å². The summed E-state index contributed by atoms with van der Waals surface area (Å²) in [4.78, 5) is 9.29. The Morgan fingerprint density at radius 2 is 1.71 bits per heavy atom. The van der Waals surface area contributed by atoms with Crippen LogP contribution in [-0.4, -0.2) is 36.6 Å². The number of para-hydroxylation sites is 2. The SMILES string of the molecule is CNc1nc2ccccc2nc1NCC1CCNCC1.Cl. The van der Waals surface area contributed by atoms with Gasteiger partial charge >= 0.3 is 0 Å². The van der Waals surface area contributed by atoms with Crippen LogP contribution in [-0.2, 0) is 0 Å². The second kappa shape index (κ2) is 7.43. The summed E-state index contributed by atoms with van der Waals surface area (Å²) in [6, 6.07) is 7.96. The highest BCUT2D eigenvalue weighted by Crippen LogP contribution is 2.22. The second-order valence-corrected chi connectivity index (χ2v) is 5.23. The summed E-state index contributed by atoms with van der Waals surface area (Å²) >= 11 is 0. The van der Waals surface area contributed by atoms with E-state index < -0.39 is 0 Å². The molecule has 3 N–H and O–H groups in total. The molecule has 0 radical (unpaired) electrons. The Kier molecular flexibility index (Phi) is 5.59. The number of rotatable bonds is 4. The van der Waals surface area contributed by atoms with Gasteiger partial charge in [0.1, 0.15) is 0 Å². The Morgan fingerprint density at radius 3 is 2.33 bits per heavy atom. The molecule has 114 valence electrons. The lowest BCUT2D eigenvalue weighted by Crippen LogP contribution is -2.31. The van der Waals surface area contributed by atoms with Crippen LogP contribution in [0.4, 0.5) is 11.6 Å². The first-order valence-electron chi connectivity index (χ1n) is 7.26. The number of halogens is 1. The molecule has 5 nitrogen and oxygen atoms in total. The van der Waals surface area contributed by atoms with Crippen LogP contribution in [0, 0.1) is 5.92 Å². The number of anilines is 2. The quantitative estimate of drug-likeness (QED) is 0.810. The standard InChI is InChI=1S/C15H21N5.ClH/c1-16-14-15(18-10-11-6-8-17-9-7-11)20-13-5-3-2-4-12(13)19-14;/h2-5,11,17H,6-10H2,1H3,(H,16,19)(H,18,20);1H. The lowest BCUT2D eigenvalue weighted by atomic mass is 9.98. The predicted octanol–water partition coefficient (Wildman–Crippen LogP) is 2.50. The van der Waals surface area contributed by atoms with E-state index in [4.69, 9.17) is 0 Å². The third-order valence-electron chi connectivity index (χ3n) is 3.82. The highest BCUT2D eigenvalue weighted by molar-refractivity contribution is 5.85. The van der Waals surface area contributed by atoms with Crippen molar-refractivity contribution < 1.29 is 0 Å². The monoisotopic (exact) mass is 307 g/mol. The van der Waals surface area contributed by atoms with Crippen molar-refractivity contribution in [3.8, 4) is 0 Å². The minimum Gasteiger partial charge on any atom is -0.370 e. The summed E-state index contributed by atoms with van der Waals surface area (Å²) < 4.78 is 0. The van der Waals surface area contributed by atoms with Gasteiger partial charge < -0.3 is 16.0 Å². The van der Waals surface area contributed by atoms with E-state index in [0.717, 1.165) is 42.3 Å². The highest BCUT2D eigenvalue weighted by Gasteiger charge is 2.14. The van der Waals surface area contributed by atoms with Gasteiger partial charge in [-0.15, -0.1) is 12.4 Å². The van der Waals surface area contributed by atoms with Gasteiger partial charge in [-0.1, -0.05) is 12.1 Å². The van der Waals surface area contributed by atoms with Gasteiger partial charge in [-0.25, -0.2) is 9.97 Å². The molecule has 2 heterocycles. The lowest BCUT2D eigenvalue weighted by Gasteiger charge is -2.23. The van der Waals surface area contributed by atoms with Crippen LogP contribution < -0.4 is 16.0 Å². The normalized spacial score (nSPS) is 15.5. The van der Waals surface area contributed by atoms with Crippen LogP contribution >= 0.6 is 12.4 Å². The number of hydrogen-bond donors (Lipinski definition) is 3. The van der Waals surface area contributed by atoms with Crippen LogP contribution in [0.15, 0.2) is 24.3 Å². The molecular weight excluding hydrogens is 286 g/mol. The molecule has 0 bridgehead atoms. The molecule has 0 atom stereocenters. The molecule has 0 saturated carbocycles. The highest BCUT2D eigenvalue weighted by atomic mass is 35.5. The summed E-state index contributed by atoms with van der Waals surface area (Å²) in [6.07, 6.45) is 2.45. The lowest BCUT2D eigenvalue weighted by molar-refractivity contribution is 0.389. The molecule has 0 spiro atoms. The van der Waals surface area contributed by atoms with Crippen LogP contribution in [0.3, 0.4) is 0 Å². The summed E-state index contributed by atoms with van der Waals surface area (Å²) in [6.45, 7) is 3.20. The average Bonchev–Trinajstić information content (AvgIpc) is 2.53. The molecule has 2 aromatic rings. The summed E-state index contributed by atoms with van der Waals surface area (Å²) in [5, 5.41) is 9.98. The van der Waals surface area contributed by atoms with E-state index in [9.17, 15) is 0 Å². The second-order valence-electron chi connectivity index (χ2n) is 5.23. The van der Waals surface area contributed by atoms with Gasteiger partial charge in [0, 0.05) is 13.6 Å². The van der Waals surface area contributed by atoms with Gasteiger partial charge in [-0.05, 0) is 44.0 Å². The molecular formula is C15H22ClN5. The number of hydrogen-bond acceptors (Lipinski definition) is 5. The molecule has 1 saturated heterocycles. The molecule has 1 fully saturated rings. The van der Waals surface area contributed by atoms with Crippen molar-refractivity contribution in [2.45, 2.75) is 12.8 Å². The summed E-state index contributed by atoms with van der Waals surface area (Å²) in [5.41, 5.74) is 1.85. The zero-order valence-electron chi connectivity index (χ0n) is 12.2. The predicted molar refractivity (Wildman–Crippen MR) is 90.4 cm³/mol. The molecule has 0 aliphatic carbocycles. The van der Waals surface area contributed by atoms with Crippen molar-refractivity contribution in [1.29, 1.82) is 0 Å². The Hall–Kier alpha value is -1.59. The van der Waals surface area contributed by atoms with E-state index in [0.29, 0.717) is 5.92 Å². The fourth-order valence-corrected chi connectivity index (χ4v) is 2.62. The fraction of sp³-hybridized carbons (Fsp3) is 0.467. The Labute approximate surface area is 131 Å². The Balaban J connectivity index is 0.00000161. The summed E-state index contributed by atoms with van der Waals surface area (Å²) in [7, 11) is 1.88. The van der Waals surface area contributed by atoms with Gasteiger partial charge in [0.25, 0.3) is 0 Å². The van der Waals surface area contributed by atoms with Crippen molar-refractivity contribution in [3.63, 3.8) is 0 Å². The molecule has 1 aliphatic rings. The molecule has 21 heavy (non-hydrogen) atoms. The average molecular weight is 308 g/mol. The third kappa shape index (κ3) is 3.74. The first kappa shape index (κ1) is 15.8. The van der Waals surface area contributed by atoms with Crippen molar-refractivity contribution in [2.75, 3.05) is 37.3 Å². The zero-order chi connectivity index (χ0) is 13.8. The molecule has 1 aliphatic heterocycles. The van der Waals surface area contributed by atoms with Crippen molar-refractivity contribution in [3.05, 3.63) is 24.3 Å². The van der Waals surface area contributed by atoms with Crippen LogP contribution in [0.25, 0.3) is 11.0 Å². The maximum absolute atomic E-state index is 4.68. The number of aromatic nitrogens is 2. The van der Waals surface area contributed by atoms with Gasteiger partial charge in [0.15, 0.2) is 11.6 Å². The van der Waals surface area contributed by atoms with Gasteiger partial charge in [-0.3, -0.25) is 0 Å². The van der Waals surface area contributed by atoms with Gasteiger partial charge in [0.2, 0.25) is 0 Å². The smallest absolute Gasteiger partial charge is 0.169 e. The first-order chi connectivity index (χ1) is 9.86. The number of piperidine rings is 1. The van der Waals surface area contributed by atoms with E-state index >= 15 is 0 Å². The molecule has 0 unspecified atom stereocenters. The van der Waals surface area contributed by atoms with E-state index in [1.165, 1.54) is 12.8 Å².